The van der Waals surface area contributed by atoms with Crippen LogP contribution in [0.25, 0.3) is 17.0 Å². The molecule has 0 N–H and O–H groups in total. The van der Waals surface area contributed by atoms with Gasteiger partial charge in [0.25, 0.3) is 0 Å². The van der Waals surface area contributed by atoms with Crippen molar-refractivity contribution >= 4 is 17.0 Å². The highest BCUT2D eigenvalue weighted by Crippen LogP contribution is 2.30. The Balaban J connectivity index is 0. The molecule has 0 aliphatic heterocycles. The normalized spacial score (nSPS) is 10.3. The number of aryl methyl sites for hydroxylation is 1. The van der Waals surface area contributed by atoms with Gasteiger partial charge in [0, 0.05) is 17.4 Å². The van der Waals surface area contributed by atoms with Gasteiger partial charge in [-0.2, -0.15) is 0 Å². The van der Waals surface area contributed by atoms with Crippen LogP contribution in [0.1, 0.15) is 73.1 Å². The SMILES string of the molecule is C1=Cc2c(oc3ccccc23)CC1.CC.CC.CC.CC. The van der Waals surface area contributed by atoms with Gasteiger partial charge in [-0.25, -0.2) is 0 Å². The number of allylic oxidation sites excluding steroid dienone is 1. The molecule has 1 aliphatic rings. The van der Waals surface area contributed by atoms with Crippen molar-refractivity contribution in [2.24, 2.45) is 0 Å². The topological polar surface area (TPSA) is 13.1 Å². The van der Waals surface area contributed by atoms with Crippen molar-refractivity contribution in [1.29, 1.82) is 0 Å². The Morgan fingerprint density at radius 3 is 2.00 bits per heavy atom. The zero-order valence-corrected chi connectivity index (χ0v) is 15.3. The minimum atomic E-state index is 1.01. The molecule has 0 saturated carbocycles. The number of fused-ring (bicyclic) bond motifs is 3. The molecule has 3 rings (SSSR count). The van der Waals surface area contributed by atoms with Crippen molar-refractivity contribution in [3.8, 4) is 0 Å². The van der Waals surface area contributed by atoms with Gasteiger partial charge in [0.05, 0.1) is 0 Å². The third-order valence-corrected chi connectivity index (χ3v) is 2.53. The van der Waals surface area contributed by atoms with Crippen LogP contribution >= 0.6 is 0 Å². The molecule has 0 fully saturated rings. The molecule has 2 aromatic rings. The molecule has 0 radical (unpaired) electrons. The Morgan fingerprint density at radius 2 is 1.38 bits per heavy atom. The molecule has 21 heavy (non-hydrogen) atoms. The van der Waals surface area contributed by atoms with Gasteiger partial charge >= 0.3 is 0 Å². The molecular weight excluding hydrogens is 256 g/mol. The van der Waals surface area contributed by atoms with E-state index in [1.165, 1.54) is 10.9 Å². The molecule has 120 valence electrons. The number of para-hydroxylation sites is 1. The third-order valence-electron chi connectivity index (χ3n) is 2.53. The highest BCUT2D eigenvalue weighted by atomic mass is 16.3. The summed E-state index contributed by atoms with van der Waals surface area (Å²) in [7, 11) is 0. The highest BCUT2D eigenvalue weighted by Gasteiger charge is 2.12. The maximum Gasteiger partial charge on any atom is 0.134 e. The molecule has 1 heteroatoms. The fourth-order valence-electron chi connectivity index (χ4n) is 1.90. The summed E-state index contributed by atoms with van der Waals surface area (Å²) in [5, 5.41) is 1.24. The Labute approximate surface area is 132 Å². The lowest BCUT2D eigenvalue weighted by Crippen LogP contribution is -1.87. The quantitative estimate of drug-likeness (QED) is 0.489. The lowest BCUT2D eigenvalue weighted by molar-refractivity contribution is 0.546. The summed E-state index contributed by atoms with van der Waals surface area (Å²) in [6, 6.07) is 8.22. The van der Waals surface area contributed by atoms with Gasteiger partial charge in [-0.1, -0.05) is 85.7 Å². The van der Waals surface area contributed by atoms with E-state index in [9.17, 15) is 0 Å². The van der Waals surface area contributed by atoms with Crippen molar-refractivity contribution in [2.75, 3.05) is 0 Å². The summed E-state index contributed by atoms with van der Waals surface area (Å²) in [4.78, 5) is 0. The zero-order valence-electron chi connectivity index (χ0n) is 15.3. The number of furan rings is 1. The standard InChI is InChI=1S/C12H10O.4C2H6/c1-3-7-11-9(5-1)10-6-2-4-8-12(10)13-11;4*1-2/h1-3,5-7H,4,8H2;4*1-2H3. The third kappa shape index (κ3) is 6.20. The van der Waals surface area contributed by atoms with Crippen LogP contribution in [-0.4, -0.2) is 0 Å². The minimum absolute atomic E-state index is 1.01. The largest absolute Gasteiger partial charge is 0.460 e. The zero-order chi connectivity index (χ0) is 16.7. The molecule has 0 bridgehead atoms. The van der Waals surface area contributed by atoms with E-state index in [1.54, 1.807) is 0 Å². The van der Waals surface area contributed by atoms with Gasteiger partial charge < -0.3 is 4.42 Å². The summed E-state index contributed by atoms with van der Waals surface area (Å²) in [6.07, 6.45) is 6.53. The van der Waals surface area contributed by atoms with Crippen LogP contribution in [0.4, 0.5) is 0 Å². The number of hydrogen-bond acceptors (Lipinski definition) is 1. The van der Waals surface area contributed by atoms with Crippen molar-refractivity contribution in [3.63, 3.8) is 0 Å². The van der Waals surface area contributed by atoms with E-state index in [2.05, 4.69) is 24.3 Å². The van der Waals surface area contributed by atoms with Crippen LogP contribution in [0, 0.1) is 0 Å². The van der Waals surface area contributed by atoms with Crippen molar-refractivity contribution in [1.82, 2.24) is 0 Å². The molecule has 1 nitrogen and oxygen atoms in total. The Morgan fingerprint density at radius 1 is 0.810 bits per heavy atom. The summed E-state index contributed by atoms with van der Waals surface area (Å²) in [6.45, 7) is 16.0. The van der Waals surface area contributed by atoms with Crippen LogP contribution in [0.5, 0.6) is 0 Å². The van der Waals surface area contributed by atoms with E-state index < -0.39 is 0 Å². The number of hydrogen-bond donors (Lipinski definition) is 0. The van der Waals surface area contributed by atoms with E-state index in [0.717, 1.165) is 24.2 Å². The first-order chi connectivity index (χ1) is 10.4. The Hall–Kier alpha value is -1.50. The lowest BCUT2D eigenvalue weighted by atomic mass is 10.0. The van der Waals surface area contributed by atoms with Crippen LogP contribution in [-0.2, 0) is 6.42 Å². The average Bonchev–Trinajstić information content (AvgIpc) is 3.01. The van der Waals surface area contributed by atoms with Gasteiger partial charge in [0.15, 0.2) is 0 Å². The molecule has 1 heterocycles. The van der Waals surface area contributed by atoms with E-state index >= 15 is 0 Å². The summed E-state index contributed by atoms with van der Waals surface area (Å²) >= 11 is 0. The van der Waals surface area contributed by atoms with E-state index in [-0.39, 0.29) is 0 Å². The van der Waals surface area contributed by atoms with E-state index in [0.29, 0.717) is 0 Å². The monoisotopic (exact) mass is 290 g/mol. The highest BCUT2D eigenvalue weighted by molar-refractivity contribution is 5.88. The predicted molar refractivity (Wildman–Crippen MR) is 99.0 cm³/mol. The molecule has 1 aliphatic carbocycles. The fourth-order valence-corrected chi connectivity index (χ4v) is 1.90. The Kier molecular flexibility index (Phi) is 15.5. The van der Waals surface area contributed by atoms with Crippen LogP contribution in [0.2, 0.25) is 0 Å². The first-order valence-electron chi connectivity index (χ1n) is 8.62. The molecular formula is C20H34O. The van der Waals surface area contributed by atoms with Gasteiger partial charge in [-0.05, 0) is 12.5 Å². The van der Waals surface area contributed by atoms with Gasteiger partial charge in [0.2, 0.25) is 0 Å². The van der Waals surface area contributed by atoms with Gasteiger partial charge in [-0.15, -0.1) is 0 Å². The maximum atomic E-state index is 5.74. The molecule has 0 atom stereocenters. The molecule has 0 spiro atoms. The molecule has 0 unspecified atom stereocenters. The summed E-state index contributed by atoms with van der Waals surface area (Å²) in [5.41, 5.74) is 2.29. The summed E-state index contributed by atoms with van der Waals surface area (Å²) < 4.78 is 5.74. The number of benzene rings is 1. The smallest absolute Gasteiger partial charge is 0.134 e. The van der Waals surface area contributed by atoms with Crippen LogP contribution in [0.15, 0.2) is 34.8 Å². The van der Waals surface area contributed by atoms with Gasteiger partial charge in [0.1, 0.15) is 11.3 Å². The Bertz CT molecular complexity index is 478. The second kappa shape index (κ2) is 14.9. The van der Waals surface area contributed by atoms with Crippen molar-refractivity contribution < 1.29 is 4.42 Å². The average molecular weight is 290 g/mol. The second-order valence-corrected chi connectivity index (χ2v) is 3.38. The summed E-state index contributed by atoms with van der Waals surface area (Å²) in [5.74, 6) is 1.14. The predicted octanol–water partition coefficient (Wildman–Crippen LogP) is 7.50. The molecule has 1 aromatic carbocycles. The second-order valence-electron chi connectivity index (χ2n) is 3.38. The first kappa shape index (κ1) is 21.8. The number of rotatable bonds is 0. The minimum Gasteiger partial charge on any atom is -0.460 e. The maximum absolute atomic E-state index is 5.74. The van der Waals surface area contributed by atoms with E-state index in [4.69, 9.17) is 4.42 Å². The van der Waals surface area contributed by atoms with Crippen LogP contribution in [0.3, 0.4) is 0 Å². The van der Waals surface area contributed by atoms with Crippen molar-refractivity contribution in [2.45, 2.75) is 68.2 Å². The van der Waals surface area contributed by atoms with Crippen LogP contribution < -0.4 is 0 Å². The molecule has 1 aromatic heterocycles. The van der Waals surface area contributed by atoms with Gasteiger partial charge in [-0.3, -0.25) is 0 Å². The molecule has 0 saturated heterocycles. The van der Waals surface area contributed by atoms with Crippen molar-refractivity contribution in [3.05, 3.63) is 41.7 Å². The fraction of sp³-hybridized carbons (Fsp3) is 0.500. The van der Waals surface area contributed by atoms with E-state index in [1.807, 2.05) is 67.5 Å². The lowest BCUT2D eigenvalue weighted by Gasteiger charge is -2.00. The first-order valence-corrected chi connectivity index (χ1v) is 8.62. The molecule has 0 amide bonds.